The molecule has 0 spiro atoms. The van der Waals surface area contributed by atoms with E-state index < -0.39 is 5.97 Å². The van der Waals surface area contributed by atoms with Crippen LogP contribution in [-0.4, -0.2) is 15.6 Å². The van der Waals surface area contributed by atoms with Crippen molar-refractivity contribution >= 4 is 22.6 Å². The van der Waals surface area contributed by atoms with Gasteiger partial charge in [-0.25, -0.2) is 4.79 Å². The molecule has 80 valence electrons. The molecule has 0 fully saturated rings. The molecule has 0 saturated heterocycles. The summed E-state index contributed by atoms with van der Waals surface area (Å²) in [4.78, 5) is 10.9. The van der Waals surface area contributed by atoms with E-state index >= 15 is 0 Å². The number of carboxylic acids is 1. The SMILES string of the molecule is CC1=C(Cl)c2cc(C(=O)O)n(C)c2CC1. The number of carbonyl (C=O) groups is 1. The van der Waals surface area contributed by atoms with Crippen LogP contribution in [0.25, 0.3) is 5.03 Å². The lowest BCUT2D eigenvalue weighted by Gasteiger charge is -2.15. The molecule has 1 N–H and O–H groups in total. The van der Waals surface area contributed by atoms with Gasteiger partial charge in [0.2, 0.25) is 0 Å². The molecule has 0 unspecified atom stereocenters. The number of nitrogens with zero attached hydrogens (tertiary/aromatic N) is 1. The van der Waals surface area contributed by atoms with Crippen LogP contribution in [0.5, 0.6) is 0 Å². The van der Waals surface area contributed by atoms with E-state index in [1.807, 2.05) is 6.92 Å². The van der Waals surface area contributed by atoms with E-state index in [9.17, 15) is 4.79 Å². The molecule has 1 heterocycles. The molecule has 0 atom stereocenters. The fraction of sp³-hybridized carbons (Fsp3) is 0.364. The molecule has 0 aliphatic heterocycles. The third-order valence-electron chi connectivity index (χ3n) is 2.93. The van der Waals surface area contributed by atoms with Gasteiger partial charge in [-0.05, 0) is 25.8 Å². The second-order valence-electron chi connectivity index (χ2n) is 3.85. The van der Waals surface area contributed by atoms with Crippen LogP contribution in [0.1, 0.15) is 35.1 Å². The van der Waals surface area contributed by atoms with E-state index in [-0.39, 0.29) is 0 Å². The number of fused-ring (bicyclic) bond motifs is 1. The van der Waals surface area contributed by atoms with Gasteiger partial charge in [0.15, 0.2) is 0 Å². The van der Waals surface area contributed by atoms with E-state index in [1.165, 1.54) is 0 Å². The number of allylic oxidation sites excluding steroid dienone is 1. The van der Waals surface area contributed by atoms with Crippen molar-refractivity contribution in [2.75, 3.05) is 0 Å². The van der Waals surface area contributed by atoms with Crippen molar-refractivity contribution in [2.24, 2.45) is 7.05 Å². The first-order chi connectivity index (χ1) is 7.02. The van der Waals surface area contributed by atoms with Gasteiger partial charge in [0.25, 0.3) is 0 Å². The molecular weight excluding hydrogens is 214 g/mol. The average molecular weight is 226 g/mol. The maximum Gasteiger partial charge on any atom is 0.352 e. The van der Waals surface area contributed by atoms with Crippen LogP contribution in [0.4, 0.5) is 0 Å². The van der Waals surface area contributed by atoms with Crippen molar-refractivity contribution in [3.63, 3.8) is 0 Å². The summed E-state index contributed by atoms with van der Waals surface area (Å²) in [6.45, 7) is 1.98. The Kier molecular flexibility index (Phi) is 2.35. The third kappa shape index (κ3) is 1.47. The van der Waals surface area contributed by atoms with Gasteiger partial charge >= 0.3 is 5.97 Å². The molecule has 0 saturated carbocycles. The zero-order chi connectivity index (χ0) is 11.2. The normalized spacial score (nSPS) is 15.4. The van der Waals surface area contributed by atoms with Crippen molar-refractivity contribution in [3.05, 3.63) is 28.6 Å². The molecule has 1 aromatic rings. The van der Waals surface area contributed by atoms with Gasteiger partial charge in [-0.2, -0.15) is 0 Å². The van der Waals surface area contributed by atoms with Gasteiger partial charge in [0.05, 0.1) is 0 Å². The van der Waals surface area contributed by atoms with Gasteiger partial charge in [0.1, 0.15) is 5.69 Å². The Balaban J connectivity index is 2.64. The molecule has 1 aliphatic carbocycles. The Morgan fingerprint density at radius 2 is 2.20 bits per heavy atom. The summed E-state index contributed by atoms with van der Waals surface area (Å²) in [6.07, 6.45) is 1.77. The van der Waals surface area contributed by atoms with Gasteiger partial charge in [-0.3, -0.25) is 0 Å². The fourth-order valence-corrected chi connectivity index (χ4v) is 2.24. The van der Waals surface area contributed by atoms with E-state index in [2.05, 4.69) is 0 Å². The van der Waals surface area contributed by atoms with Crippen molar-refractivity contribution in [2.45, 2.75) is 19.8 Å². The highest BCUT2D eigenvalue weighted by Gasteiger charge is 2.22. The van der Waals surface area contributed by atoms with Gasteiger partial charge in [0, 0.05) is 23.3 Å². The smallest absolute Gasteiger partial charge is 0.352 e. The number of carboxylic acid groups (broad SMARTS) is 1. The Bertz CT molecular complexity index is 471. The van der Waals surface area contributed by atoms with Crippen molar-refractivity contribution in [3.8, 4) is 0 Å². The first-order valence-electron chi connectivity index (χ1n) is 4.80. The van der Waals surface area contributed by atoms with E-state index in [0.717, 1.165) is 29.7 Å². The third-order valence-corrected chi connectivity index (χ3v) is 3.45. The molecule has 1 aromatic heterocycles. The minimum absolute atomic E-state index is 0.299. The molecule has 2 rings (SSSR count). The molecule has 0 amide bonds. The molecule has 0 aromatic carbocycles. The second kappa shape index (κ2) is 3.42. The molecule has 15 heavy (non-hydrogen) atoms. The van der Waals surface area contributed by atoms with Crippen LogP contribution in [0.15, 0.2) is 11.6 Å². The highest BCUT2D eigenvalue weighted by atomic mass is 35.5. The average Bonchev–Trinajstić information content (AvgIpc) is 2.51. The lowest BCUT2D eigenvalue weighted by molar-refractivity contribution is 0.0686. The Hall–Kier alpha value is -1.22. The summed E-state index contributed by atoms with van der Waals surface area (Å²) in [5, 5.41) is 9.69. The van der Waals surface area contributed by atoms with Crippen LogP contribution in [0.3, 0.4) is 0 Å². The van der Waals surface area contributed by atoms with Gasteiger partial charge < -0.3 is 9.67 Å². The van der Waals surface area contributed by atoms with Crippen molar-refractivity contribution in [1.82, 2.24) is 4.57 Å². The zero-order valence-corrected chi connectivity index (χ0v) is 9.43. The monoisotopic (exact) mass is 225 g/mol. The zero-order valence-electron chi connectivity index (χ0n) is 8.67. The minimum atomic E-state index is -0.908. The first-order valence-corrected chi connectivity index (χ1v) is 5.17. The lowest BCUT2D eigenvalue weighted by Crippen LogP contribution is -2.08. The number of aromatic carboxylic acids is 1. The molecular formula is C11H12ClNO2. The number of rotatable bonds is 1. The first kappa shape index (κ1) is 10.3. The molecule has 1 aliphatic rings. The molecule has 3 nitrogen and oxygen atoms in total. The van der Waals surface area contributed by atoms with Crippen molar-refractivity contribution < 1.29 is 9.90 Å². The van der Waals surface area contributed by atoms with E-state index in [1.54, 1.807) is 17.7 Å². The molecule has 4 heteroatoms. The van der Waals surface area contributed by atoms with Gasteiger partial charge in [-0.15, -0.1) is 0 Å². The summed E-state index contributed by atoms with van der Waals surface area (Å²) in [7, 11) is 1.77. The number of halogens is 1. The van der Waals surface area contributed by atoms with Crippen LogP contribution < -0.4 is 0 Å². The predicted octanol–water partition coefficient (Wildman–Crippen LogP) is 2.64. The van der Waals surface area contributed by atoms with Crippen molar-refractivity contribution in [1.29, 1.82) is 0 Å². The number of hydrogen-bond donors (Lipinski definition) is 1. The Labute approximate surface area is 93.0 Å². The van der Waals surface area contributed by atoms with E-state index in [4.69, 9.17) is 16.7 Å². The fourth-order valence-electron chi connectivity index (χ4n) is 1.99. The quantitative estimate of drug-likeness (QED) is 0.799. The summed E-state index contributed by atoms with van der Waals surface area (Å²) in [6, 6.07) is 1.66. The molecule has 0 radical (unpaired) electrons. The summed E-state index contributed by atoms with van der Waals surface area (Å²) < 4.78 is 1.71. The largest absolute Gasteiger partial charge is 0.477 e. The van der Waals surface area contributed by atoms with Crippen LogP contribution in [-0.2, 0) is 13.5 Å². The highest BCUT2D eigenvalue weighted by molar-refractivity contribution is 6.49. The number of hydrogen-bond acceptors (Lipinski definition) is 1. The minimum Gasteiger partial charge on any atom is -0.477 e. The summed E-state index contributed by atoms with van der Waals surface area (Å²) in [5.41, 5.74) is 3.32. The van der Waals surface area contributed by atoms with Gasteiger partial charge in [-0.1, -0.05) is 17.2 Å². The highest BCUT2D eigenvalue weighted by Crippen LogP contribution is 2.35. The Morgan fingerprint density at radius 1 is 1.53 bits per heavy atom. The standard InChI is InChI=1S/C11H12ClNO2/c1-6-3-4-8-7(10(6)12)5-9(11(14)15)13(8)2/h5H,3-4H2,1-2H3,(H,14,15). The topological polar surface area (TPSA) is 42.2 Å². The van der Waals surface area contributed by atoms with Crippen LogP contribution >= 0.6 is 11.6 Å². The maximum absolute atomic E-state index is 10.9. The van der Waals surface area contributed by atoms with Crippen LogP contribution in [0.2, 0.25) is 0 Å². The predicted molar refractivity (Wildman–Crippen MR) is 59.1 cm³/mol. The second-order valence-corrected chi connectivity index (χ2v) is 4.23. The molecule has 0 bridgehead atoms. The summed E-state index contributed by atoms with van der Waals surface area (Å²) >= 11 is 6.16. The number of aromatic nitrogens is 1. The van der Waals surface area contributed by atoms with E-state index in [0.29, 0.717) is 10.7 Å². The Morgan fingerprint density at radius 3 is 2.80 bits per heavy atom. The lowest BCUT2D eigenvalue weighted by atomic mass is 9.98. The summed E-state index contributed by atoms with van der Waals surface area (Å²) in [5.74, 6) is -0.908. The maximum atomic E-state index is 10.9. The van der Waals surface area contributed by atoms with Crippen LogP contribution in [0, 0.1) is 0 Å².